The van der Waals surface area contributed by atoms with Crippen LogP contribution in [0.15, 0.2) is 96.7 Å². The Morgan fingerprint density at radius 2 is 1.65 bits per heavy atom. The van der Waals surface area contributed by atoms with Crippen LogP contribution in [0.25, 0.3) is 5.57 Å². The Bertz CT molecular complexity index is 1540. The molecule has 2 heterocycles. The summed E-state index contributed by atoms with van der Waals surface area (Å²) in [7, 11) is 0. The van der Waals surface area contributed by atoms with E-state index >= 15 is 0 Å². The monoisotopic (exact) mass is 507 g/mol. The van der Waals surface area contributed by atoms with Gasteiger partial charge in [-0.3, -0.25) is 9.59 Å². The van der Waals surface area contributed by atoms with Crippen molar-refractivity contribution in [1.82, 2.24) is 4.57 Å². The van der Waals surface area contributed by atoms with E-state index in [0.717, 1.165) is 52.9 Å². The van der Waals surface area contributed by atoms with E-state index < -0.39 is 0 Å². The number of aromatic nitrogens is 1. The van der Waals surface area contributed by atoms with Gasteiger partial charge in [-0.1, -0.05) is 60.1 Å². The molecule has 0 saturated carbocycles. The fourth-order valence-electron chi connectivity index (χ4n) is 5.34. The minimum Gasteiger partial charge on any atom is -0.345 e. The highest BCUT2D eigenvalue weighted by Gasteiger charge is 2.27. The maximum Gasteiger partial charge on any atom is 0.260 e. The minimum atomic E-state index is -0.171. The molecule has 3 aromatic carbocycles. The van der Waals surface area contributed by atoms with Gasteiger partial charge < -0.3 is 14.8 Å². The third-order valence-corrected chi connectivity index (χ3v) is 7.50. The summed E-state index contributed by atoms with van der Waals surface area (Å²) in [5.74, 6) is -0.288. The van der Waals surface area contributed by atoms with E-state index in [1.54, 1.807) is 23.1 Å². The number of benzene rings is 3. The summed E-state index contributed by atoms with van der Waals surface area (Å²) in [6.45, 7) is 1.16. The number of fused-ring (bicyclic) bond motifs is 2. The highest BCUT2D eigenvalue weighted by Crippen LogP contribution is 2.35. The lowest BCUT2D eigenvalue weighted by atomic mass is 10.0. The third kappa shape index (κ3) is 4.47. The van der Waals surface area contributed by atoms with Crippen molar-refractivity contribution in [2.75, 3.05) is 10.2 Å². The Balaban J connectivity index is 1.26. The topological polar surface area (TPSA) is 54.3 Å². The molecule has 0 unspecified atom stereocenters. The average Bonchev–Trinajstić information content (AvgIpc) is 3.55. The summed E-state index contributed by atoms with van der Waals surface area (Å²) >= 11 is 6.64. The van der Waals surface area contributed by atoms with Crippen molar-refractivity contribution in [3.05, 3.63) is 124 Å². The lowest BCUT2D eigenvalue weighted by Crippen LogP contribution is -2.30. The summed E-state index contributed by atoms with van der Waals surface area (Å²) in [6, 6.07) is 27.2. The van der Waals surface area contributed by atoms with Crippen molar-refractivity contribution in [1.29, 1.82) is 0 Å². The Kier molecular flexibility index (Phi) is 6.15. The number of hydrogen-bond donors (Lipinski definition) is 1. The summed E-state index contributed by atoms with van der Waals surface area (Å²) in [5.41, 5.74) is 6.99. The fraction of sp³-hybridized carbons (Fsp3) is 0.161. The fourth-order valence-corrected chi connectivity index (χ4v) is 5.60. The number of anilines is 2. The second-order valence-electron chi connectivity index (χ2n) is 9.47. The molecule has 0 atom stereocenters. The van der Waals surface area contributed by atoms with Gasteiger partial charge in [0.2, 0.25) is 0 Å². The molecule has 0 radical (unpaired) electrons. The molecule has 0 spiro atoms. The minimum absolute atomic E-state index is 0.117. The van der Waals surface area contributed by atoms with Crippen molar-refractivity contribution in [3.63, 3.8) is 0 Å². The van der Waals surface area contributed by atoms with Crippen LogP contribution < -0.4 is 10.2 Å². The molecule has 0 saturated heterocycles. The van der Waals surface area contributed by atoms with Crippen LogP contribution >= 0.6 is 11.6 Å². The van der Waals surface area contributed by atoms with Crippen molar-refractivity contribution in [3.8, 4) is 0 Å². The molecule has 0 bridgehead atoms. The third-order valence-electron chi connectivity index (χ3n) is 7.18. The van der Waals surface area contributed by atoms with E-state index in [2.05, 4.69) is 9.88 Å². The van der Waals surface area contributed by atoms with Crippen LogP contribution in [-0.4, -0.2) is 16.4 Å². The van der Waals surface area contributed by atoms with Crippen LogP contribution in [0.5, 0.6) is 0 Å². The van der Waals surface area contributed by atoms with Crippen LogP contribution in [0.1, 0.15) is 46.4 Å². The lowest BCUT2D eigenvalue weighted by molar-refractivity contribution is -0.112. The van der Waals surface area contributed by atoms with Gasteiger partial charge in [0.25, 0.3) is 11.8 Å². The predicted molar refractivity (Wildman–Crippen MR) is 148 cm³/mol. The zero-order valence-corrected chi connectivity index (χ0v) is 21.0. The van der Waals surface area contributed by atoms with Crippen molar-refractivity contribution in [2.45, 2.75) is 32.4 Å². The first-order valence-corrected chi connectivity index (χ1v) is 12.9. The quantitative estimate of drug-likeness (QED) is 0.326. The molecule has 0 fully saturated rings. The molecule has 2 amide bonds. The normalized spacial score (nSPS) is 14.7. The number of allylic oxidation sites excluding steroid dienone is 1. The van der Waals surface area contributed by atoms with Crippen LogP contribution in [0.3, 0.4) is 0 Å². The molecule has 6 heteroatoms. The molecular weight excluding hydrogens is 482 g/mol. The van der Waals surface area contributed by atoms with Crippen molar-refractivity contribution in [2.24, 2.45) is 0 Å². The Morgan fingerprint density at radius 3 is 2.49 bits per heavy atom. The summed E-state index contributed by atoms with van der Waals surface area (Å²) < 4.78 is 2.16. The first-order chi connectivity index (χ1) is 18.1. The molecule has 1 aliphatic carbocycles. The Hall–Kier alpha value is -4.09. The van der Waals surface area contributed by atoms with Crippen LogP contribution in [0.4, 0.5) is 11.4 Å². The predicted octanol–water partition coefficient (Wildman–Crippen LogP) is 6.93. The van der Waals surface area contributed by atoms with Crippen LogP contribution in [-0.2, 0) is 17.9 Å². The molecule has 2 aliphatic rings. The van der Waals surface area contributed by atoms with Gasteiger partial charge >= 0.3 is 0 Å². The SMILES string of the molecule is O=C(Nc1ccc(C(=O)N2Cc3cccn3Cc3ccccc32)c(Cl)c1)C1=C(c2ccccc2)CCC1. The van der Waals surface area contributed by atoms with Gasteiger partial charge in [-0.05, 0) is 72.4 Å². The van der Waals surface area contributed by atoms with E-state index in [1.165, 1.54) is 0 Å². The average molecular weight is 508 g/mol. The smallest absolute Gasteiger partial charge is 0.260 e. The number of carbonyl (C=O) groups excluding carboxylic acids is 2. The molecule has 4 aromatic rings. The lowest BCUT2D eigenvalue weighted by Gasteiger charge is -2.23. The van der Waals surface area contributed by atoms with Crippen molar-refractivity contribution >= 4 is 40.4 Å². The standard InChI is InChI=1S/C31H26ClN3O2/c32-28-18-23(33-30(36)26-13-6-12-25(26)21-8-2-1-3-9-21)15-16-27(28)31(37)35-20-24-11-7-17-34(24)19-22-10-4-5-14-29(22)35/h1-5,7-11,14-18H,6,12-13,19-20H2,(H,33,36). The number of halogens is 1. The zero-order valence-electron chi connectivity index (χ0n) is 20.3. The molecular formula is C31H26ClN3O2. The van der Waals surface area contributed by atoms with E-state index in [-0.39, 0.29) is 11.8 Å². The second kappa shape index (κ2) is 9.75. The number of hydrogen-bond acceptors (Lipinski definition) is 2. The Morgan fingerprint density at radius 1 is 0.838 bits per heavy atom. The van der Waals surface area contributed by atoms with Gasteiger partial charge in [-0.15, -0.1) is 0 Å². The summed E-state index contributed by atoms with van der Waals surface area (Å²) in [6.07, 6.45) is 4.63. The van der Waals surface area contributed by atoms with E-state index in [1.807, 2.05) is 72.9 Å². The van der Waals surface area contributed by atoms with E-state index in [9.17, 15) is 9.59 Å². The highest BCUT2D eigenvalue weighted by molar-refractivity contribution is 6.35. The van der Waals surface area contributed by atoms with Gasteiger partial charge in [0, 0.05) is 35.4 Å². The zero-order chi connectivity index (χ0) is 25.4. The van der Waals surface area contributed by atoms with Gasteiger partial charge in [0.1, 0.15) is 0 Å². The van der Waals surface area contributed by atoms with Gasteiger partial charge in [-0.2, -0.15) is 0 Å². The summed E-state index contributed by atoms with van der Waals surface area (Å²) in [5, 5.41) is 3.30. The molecule has 1 N–H and O–H groups in total. The van der Waals surface area contributed by atoms with Gasteiger partial charge in [0.05, 0.1) is 17.1 Å². The van der Waals surface area contributed by atoms with Crippen molar-refractivity contribution < 1.29 is 9.59 Å². The van der Waals surface area contributed by atoms with E-state index in [4.69, 9.17) is 11.6 Å². The molecule has 37 heavy (non-hydrogen) atoms. The molecule has 184 valence electrons. The molecule has 6 rings (SSSR count). The first kappa shape index (κ1) is 23.3. The largest absolute Gasteiger partial charge is 0.345 e. The van der Waals surface area contributed by atoms with Gasteiger partial charge in [0.15, 0.2) is 0 Å². The van der Waals surface area contributed by atoms with Crippen LogP contribution in [0.2, 0.25) is 5.02 Å². The van der Waals surface area contributed by atoms with E-state index in [0.29, 0.717) is 29.4 Å². The molecule has 1 aliphatic heterocycles. The Labute approximate surface area is 221 Å². The molecule has 1 aromatic heterocycles. The van der Waals surface area contributed by atoms with Gasteiger partial charge in [-0.25, -0.2) is 0 Å². The number of amides is 2. The van der Waals surface area contributed by atoms with Crippen LogP contribution in [0, 0.1) is 0 Å². The number of carbonyl (C=O) groups is 2. The highest BCUT2D eigenvalue weighted by atomic mass is 35.5. The maximum atomic E-state index is 13.7. The number of para-hydroxylation sites is 1. The first-order valence-electron chi connectivity index (χ1n) is 12.5. The number of rotatable bonds is 4. The maximum absolute atomic E-state index is 13.7. The second-order valence-corrected chi connectivity index (χ2v) is 9.88. The summed E-state index contributed by atoms with van der Waals surface area (Å²) in [4.78, 5) is 28.7. The number of nitrogens with zero attached hydrogens (tertiary/aromatic N) is 2. The molecule has 5 nitrogen and oxygen atoms in total. The number of nitrogens with one attached hydrogen (secondary N) is 1.